The van der Waals surface area contributed by atoms with Gasteiger partial charge >= 0.3 is 0 Å². The molecule has 1 unspecified atom stereocenters. The Morgan fingerprint density at radius 3 is 2.72 bits per heavy atom. The largest absolute Gasteiger partial charge is 0.304 e. The molecule has 0 saturated heterocycles. The van der Waals surface area contributed by atoms with Gasteiger partial charge in [0.05, 0.1) is 0 Å². The number of rotatable bonds is 4. The molecular weight excluding hydrogens is 269 g/mol. The quantitative estimate of drug-likeness (QED) is 0.828. The number of halogens is 2. The van der Waals surface area contributed by atoms with Crippen molar-refractivity contribution in [3.8, 4) is 0 Å². The standard InChI is InChI=1S/C14H20FNS.ClH/c1-3-16(4-2)9-11-7-12-8-13(15)5-6-14(12)17-10-11;/h5-6,8,11H,3-4,7,9-10H2,1-2H3;1H. The number of hydrogen-bond acceptors (Lipinski definition) is 2. The van der Waals surface area contributed by atoms with Crippen LogP contribution >= 0.6 is 24.2 Å². The summed E-state index contributed by atoms with van der Waals surface area (Å²) in [4.78, 5) is 3.72. The van der Waals surface area contributed by atoms with Gasteiger partial charge in [-0.1, -0.05) is 13.8 Å². The van der Waals surface area contributed by atoms with E-state index in [1.807, 2.05) is 17.8 Å². The van der Waals surface area contributed by atoms with Crippen molar-refractivity contribution in [1.82, 2.24) is 4.90 Å². The van der Waals surface area contributed by atoms with Crippen molar-refractivity contribution in [2.45, 2.75) is 25.2 Å². The predicted octanol–water partition coefficient (Wildman–Crippen LogP) is 3.85. The number of benzene rings is 1. The molecule has 0 bridgehead atoms. The minimum absolute atomic E-state index is 0. The fourth-order valence-corrected chi connectivity index (χ4v) is 3.52. The lowest BCUT2D eigenvalue weighted by atomic mass is 9.99. The fraction of sp³-hybridized carbons (Fsp3) is 0.571. The van der Waals surface area contributed by atoms with E-state index in [-0.39, 0.29) is 18.2 Å². The first kappa shape index (κ1) is 15.8. The van der Waals surface area contributed by atoms with Crippen LogP contribution in [0.5, 0.6) is 0 Å². The van der Waals surface area contributed by atoms with Crippen LogP contribution < -0.4 is 0 Å². The Morgan fingerprint density at radius 1 is 1.33 bits per heavy atom. The van der Waals surface area contributed by atoms with E-state index >= 15 is 0 Å². The molecule has 0 radical (unpaired) electrons. The fourth-order valence-electron chi connectivity index (χ4n) is 2.39. The smallest absolute Gasteiger partial charge is 0.123 e. The summed E-state index contributed by atoms with van der Waals surface area (Å²) in [6.07, 6.45) is 1.02. The monoisotopic (exact) mass is 289 g/mol. The van der Waals surface area contributed by atoms with Crippen LogP contribution in [0.4, 0.5) is 4.39 Å². The lowest BCUT2D eigenvalue weighted by molar-refractivity contribution is 0.261. The minimum Gasteiger partial charge on any atom is -0.304 e. The molecule has 1 atom stereocenters. The van der Waals surface area contributed by atoms with Gasteiger partial charge in [0.2, 0.25) is 0 Å². The summed E-state index contributed by atoms with van der Waals surface area (Å²) in [6, 6.07) is 5.19. The Hall–Kier alpha value is -0.250. The highest BCUT2D eigenvalue weighted by molar-refractivity contribution is 7.99. The Labute approximate surface area is 120 Å². The van der Waals surface area contributed by atoms with Crippen LogP contribution in [0.2, 0.25) is 0 Å². The molecule has 102 valence electrons. The summed E-state index contributed by atoms with van der Waals surface area (Å²) in [5.41, 5.74) is 1.19. The molecule has 0 saturated carbocycles. The van der Waals surface area contributed by atoms with Crippen LogP contribution in [0, 0.1) is 11.7 Å². The van der Waals surface area contributed by atoms with Crippen LogP contribution in [0.25, 0.3) is 0 Å². The van der Waals surface area contributed by atoms with E-state index in [1.165, 1.54) is 10.5 Å². The maximum Gasteiger partial charge on any atom is 0.123 e. The summed E-state index contributed by atoms with van der Waals surface area (Å²) in [5, 5.41) is 0. The third-order valence-corrected chi connectivity index (χ3v) is 4.76. The second-order valence-electron chi connectivity index (χ2n) is 4.62. The van der Waals surface area contributed by atoms with E-state index in [9.17, 15) is 4.39 Å². The molecule has 0 aliphatic carbocycles. The zero-order chi connectivity index (χ0) is 12.3. The normalized spacial score (nSPS) is 18.3. The van der Waals surface area contributed by atoms with E-state index < -0.39 is 0 Å². The van der Waals surface area contributed by atoms with Crippen LogP contribution in [-0.4, -0.2) is 30.3 Å². The predicted molar refractivity (Wildman–Crippen MR) is 79.4 cm³/mol. The lowest BCUT2D eigenvalue weighted by Gasteiger charge is -2.29. The van der Waals surface area contributed by atoms with Gasteiger partial charge in [0.15, 0.2) is 0 Å². The highest BCUT2D eigenvalue weighted by Gasteiger charge is 2.20. The summed E-state index contributed by atoms with van der Waals surface area (Å²) in [5.74, 6) is 1.72. The van der Waals surface area contributed by atoms with E-state index in [4.69, 9.17) is 0 Å². The van der Waals surface area contributed by atoms with E-state index in [0.29, 0.717) is 5.92 Å². The topological polar surface area (TPSA) is 3.24 Å². The van der Waals surface area contributed by atoms with Crippen molar-refractivity contribution >= 4 is 24.2 Å². The van der Waals surface area contributed by atoms with Gasteiger partial charge in [-0.3, -0.25) is 0 Å². The molecular formula is C14H21ClFNS. The molecule has 0 spiro atoms. The minimum atomic E-state index is -0.104. The third kappa shape index (κ3) is 3.87. The van der Waals surface area contributed by atoms with Gasteiger partial charge < -0.3 is 4.90 Å². The molecule has 1 aliphatic rings. The Bertz CT molecular complexity index is 382. The van der Waals surface area contributed by atoms with E-state index in [0.717, 1.165) is 31.8 Å². The Kier molecular flexibility index (Phi) is 6.47. The van der Waals surface area contributed by atoms with Gasteiger partial charge in [0, 0.05) is 17.2 Å². The number of fused-ring (bicyclic) bond motifs is 1. The molecule has 1 nitrogen and oxygen atoms in total. The van der Waals surface area contributed by atoms with Gasteiger partial charge in [-0.15, -0.1) is 24.2 Å². The molecule has 1 aliphatic heterocycles. The molecule has 0 aromatic heterocycles. The lowest BCUT2D eigenvalue weighted by Crippen LogP contribution is -2.32. The summed E-state index contributed by atoms with van der Waals surface area (Å²) in [7, 11) is 0. The van der Waals surface area contributed by atoms with Crippen LogP contribution in [-0.2, 0) is 6.42 Å². The molecule has 2 rings (SSSR count). The maximum absolute atomic E-state index is 13.2. The molecule has 1 heterocycles. The average molecular weight is 290 g/mol. The van der Waals surface area contributed by atoms with E-state index in [2.05, 4.69) is 18.7 Å². The molecule has 1 aromatic rings. The molecule has 18 heavy (non-hydrogen) atoms. The van der Waals surface area contributed by atoms with Crippen LogP contribution in [0.15, 0.2) is 23.1 Å². The van der Waals surface area contributed by atoms with E-state index in [1.54, 1.807) is 12.1 Å². The van der Waals surface area contributed by atoms with Crippen LogP contribution in [0.1, 0.15) is 19.4 Å². The first-order valence-electron chi connectivity index (χ1n) is 6.36. The van der Waals surface area contributed by atoms with Crippen LogP contribution in [0.3, 0.4) is 0 Å². The van der Waals surface area contributed by atoms with Crippen molar-refractivity contribution in [3.05, 3.63) is 29.6 Å². The highest BCUT2D eigenvalue weighted by atomic mass is 35.5. The highest BCUT2D eigenvalue weighted by Crippen LogP contribution is 2.33. The van der Waals surface area contributed by atoms with Gasteiger partial charge in [-0.2, -0.15) is 0 Å². The molecule has 0 N–H and O–H groups in total. The van der Waals surface area contributed by atoms with Crippen molar-refractivity contribution in [1.29, 1.82) is 0 Å². The van der Waals surface area contributed by atoms with Crippen molar-refractivity contribution < 1.29 is 4.39 Å². The first-order chi connectivity index (χ1) is 8.22. The molecule has 0 fully saturated rings. The molecule has 1 aromatic carbocycles. The zero-order valence-electron chi connectivity index (χ0n) is 11.0. The van der Waals surface area contributed by atoms with Gasteiger partial charge in [0.1, 0.15) is 5.82 Å². The van der Waals surface area contributed by atoms with Gasteiger partial charge in [-0.25, -0.2) is 4.39 Å². The molecule has 0 amide bonds. The van der Waals surface area contributed by atoms with Gasteiger partial charge in [-0.05, 0) is 49.2 Å². The first-order valence-corrected chi connectivity index (χ1v) is 7.35. The summed E-state index contributed by atoms with van der Waals surface area (Å²) < 4.78 is 13.2. The SMILES string of the molecule is CCN(CC)CC1CSc2ccc(F)cc2C1.Cl. The number of hydrogen-bond donors (Lipinski definition) is 0. The third-order valence-electron chi connectivity index (χ3n) is 3.42. The van der Waals surface area contributed by atoms with Gasteiger partial charge in [0.25, 0.3) is 0 Å². The number of thioether (sulfide) groups is 1. The van der Waals surface area contributed by atoms with Crippen molar-refractivity contribution in [2.75, 3.05) is 25.4 Å². The Morgan fingerprint density at radius 2 is 2.06 bits per heavy atom. The number of nitrogens with zero attached hydrogens (tertiary/aromatic N) is 1. The second-order valence-corrected chi connectivity index (χ2v) is 5.68. The Balaban J connectivity index is 0.00000162. The maximum atomic E-state index is 13.2. The summed E-state index contributed by atoms with van der Waals surface area (Å²) >= 11 is 1.88. The zero-order valence-corrected chi connectivity index (χ0v) is 12.6. The van der Waals surface area contributed by atoms with Crippen molar-refractivity contribution in [2.24, 2.45) is 5.92 Å². The average Bonchev–Trinajstić information content (AvgIpc) is 2.35. The molecule has 4 heteroatoms. The van der Waals surface area contributed by atoms with Crippen molar-refractivity contribution in [3.63, 3.8) is 0 Å². The summed E-state index contributed by atoms with van der Waals surface area (Å²) in [6.45, 7) is 7.75. The second kappa shape index (κ2) is 7.37.